The highest BCUT2D eigenvalue weighted by Gasteiger charge is 2.15. The quantitative estimate of drug-likeness (QED) is 0.853. The van der Waals surface area contributed by atoms with Crippen LogP contribution in [0.25, 0.3) is 0 Å². The molecule has 0 aliphatic rings. The summed E-state index contributed by atoms with van der Waals surface area (Å²) in [7, 11) is 0. The first-order chi connectivity index (χ1) is 9.08. The third-order valence-electron chi connectivity index (χ3n) is 3.24. The number of nitrogens with one attached hydrogen (secondary N) is 1. The summed E-state index contributed by atoms with van der Waals surface area (Å²) in [5, 5.41) is 3.49. The van der Waals surface area contributed by atoms with Crippen LogP contribution >= 0.6 is 0 Å². The third kappa shape index (κ3) is 6.42. The molecule has 0 aliphatic carbocycles. The van der Waals surface area contributed by atoms with Crippen molar-refractivity contribution in [1.29, 1.82) is 0 Å². The van der Waals surface area contributed by atoms with E-state index in [1.54, 1.807) is 0 Å². The van der Waals surface area contributed by atoms with Gasteiger partial charge < -0.3 is 10.1 Å². The molecule has 2 nitrogen and oxygen atoms in total. The Balaban J connectivity index is 2.52. The first-order valence-electron chi connectivity index (χ1n) is 7.60. The first-order valence-corrected chi connectivity index (χ1v) is 7.60. The van der Waals surface area contributed by atoms with E-state index in [2.05, 4.69) is 72.0 Å². The lowest BCUT2D eigenvalue weighted by Gasteiger charge is -2.23. The van der Waals surface area contributed by atoms with Crippen molar-refractivity contribution < 1.29 is 4.74 Å². The van der Waals surface area contributed by atoms with E-state index in [1.165, 1.54) is 5.56 Å². The van der Waals surface area contributed by atoms with Crippen molar-refractivity contribution in [1.82, 2.24) is 5.32 Å². The average Bonchev–Trinajstić information content (AvgIpc) is 2.26. The van der Waals surface area contributed by atoms with Crippen LogP contribution in [0.3, 0.4) is 0 Å². The summed E-state index contributed by atoms with van der Waals surface area (Å²) in [6, 6.07) is 8.45. The van der Waals surface area contributed by atoms with Crippen molar-refractivity contribution in [2.45, 2.75) is 71.9 Å². The molecular weight excluding hydrogens is 246 g/mol. The van der Waals surface area contributed by atoms with Crippen LogP contribution in [0.5, 0.6) is 5.75 Å². The van der Waals surface area contributed by atoms with Gasteiger partial charge in [-0.25, -0.2) is 0 Å². The Bertz CT molecular complexity index is 412. The molecule has 114 valence electrons. The minimum absolute atomic E-state index is 0.163. The maximum absolute atomic E-state index is 6.02. The molecule has 1 rings (SSSR count). The largest absolute Gasteiger partial charge is 0.491 e. The molecule has 0 fully saturated rings. The van der Waals surface area contributed by atoms with Crippen LogP contribution in [0.2, 0.25) is 0 Å². The zero-order valence-electron chi connectivity index (χ0n) is 14.2. The van der Waals surface area contributed by atoms with E-state index in [0.717, 1.165) is 18.7 Å². The molecule has 0 aliphatic heterocycles. The Kier molecular flexibility index (Phi) is 5.64. The van der Waals surface area contributed by atoms with E-state index in [9.17, 15) is 0 Å². The standard InChI is InChI=1S/C18H31NO/c1-14(11-12-19-18(5,6)7)20-16-10-8-9-15(13-16)17(2,3)4/h8-10,13-14,19H,11-12H2,1-7H3. The van der Waals surface area contributed by atoms with E-state index < -0.39 is 0 Å². The monoisotopic (exact) mass is 277 g/mol. The highest BCUT2D eigenvalue weighted by molar-refractivity contribution is 5.32. The van der Waals surface area contributed by atoms with Crippen LogP contribution in [0.15, 0.2) is 24.3 Å². The van der Waals surface area contributed by atoms with Gasteiger partial charge in [0, 0.05) is 5.54 Å². The number of hydrogen-bond donors (Lipinski definition) is 1. The summed E-state index contributed by atoms with van der Waals surface area (Å²) in [6.07, 6.45) is 1.23. The van der Waals surface area contributed by atoms with E-state index in [1.807, 2.05) is 6.07 Å². The Hall–Kier alpha value is -1.02. The Morgan fingerprint density at radius 2 is 1.75 bits per heavy atom. The van der Waals surface area contributed by atoms with Crippen LogP contribution in [0, 0.1) is 0 Å². The van der Waals surface area contributed by atoms with Crippen molar-refractivity contribution >= 4 is 0 Å². The highest BCUT2D eigenvalue weighted by Crippen LogP contribution is 2.26. The van der Waals surface area contributed by atoms with Crippen molar-refractivity contribution in [3.63, 3.8) is 0 Å². The zero-order valence-corrected chi connectivity index (χ0v) is 14.2. The number of ether oxygens (including phenoxy) is 1. The highest BCUT2D eigenvalue weighted by atomic mass is 16.5. The molecule has 0 saturated heterocycles. The van der Waals surface area contributed by atoms with Crippen LogP contribution in [-0.2, 0) is 5.41 Å². The van der Waals surface area contributed by atoms with Gasteiger partial charge in [-0.3, -0.25) is 0 Å². The van der Waals surface area contributed by atoms with Crippen LogP contribution in [-0.4, -0.2) is 18.2 Å². The summed E-state index contributed by atoms with van der Waals surface area (Å²) >= 11 is 0. The molecular formula is C18H31NO. The van der Waals surface area contributed by atoms with E-state index in [4.69, 9.17) is 4.74 Å². The van der Waals surface area contributed by atoms with E-state index in [-0.39, 0.29) is 17.1 Å². The Morgan fingerprint density at radius 3 is 2.30 bits per heavy atom. The number of benzene rings is 1. The second kappa shape index (κ2) is 6.62. The lowest BCUT2D eigenvalue weighted by atomic mass is 9.87. The molecule has 0 spiro atoms. The molecule has 0 saturated carbocycles. The van der Waals surface area contributed by atoms with Gasteiger partial charge >= 0.3 is 0 Å². The number of rotatable bonds is 5. The molecule has 1 aromatic carbocycles. The molecule has 1 atom stereocenters. The summed E-state index contributed by atoms with van der Waals surface area (Å²) < 4.78 is 6.02. The van der Waals surface area contributed by atoms with Gasteiger partial charge in [-0.2, -0.15) is 0 Å². The van der Waals surface area contributed by atoms with Crippen molar-refractivity contribution in [3.8, 4) is 5.75 Å². The van der Waals surface area contributed by atoms with Crippen molar-refractivity contribution in [2.24, 2.45) is 0 Å². The molecule has 0 radical (unpaired) electrons. The van der Waals surface area contributed by atoms with Crippen LogP contribution < -0.4 is 10.1 Å². The normalized spacial score (nSPS) is 14.2. The van der Waals surface area contributed by atoms with Crippen LogP contribution in [0.1, 0.15) is 60.5 Å². The molecule has 1 unspecified atom stereocenters. The van der Waals surface area contributed by atoms with Crippen molar-refractivity contribution in [3.05, 3.63) is 29.8 Å². The Labute approximate surface area is 124 Å². The fourth-order valence-electron chi connectivity index (χ4n) is 1.98. The third-order valence-corrected chi connectivity index (χ3v) is 3.24. The first kappa shape index (κ1) is 17.0. The van der Waals surface area contributed by atoms with Gasteiger partial charge in [-0.1, -0.05) is 32.9 Å². The molecule has 20 heavy (non-hydrogen) atoms. The van der Waals surface area contributed by atoms with E-state index in [0.29, 0.717) is 0 Å². The van der Waals surface area contributed by atoms with Gasteiger partial charge in [-0.15, -0.1) is 0 Å². The van der Waals surface area contributed by atoms with Crippen LogP contribution in [0.4, 0.5) is 0 Å². The minimum Gasteiger partial charge on any atom is -0.491 e. The second-order valence-electron chi connectivity index (χ2n) is 7.67. The predicted molar refractivity (Wildman–Crippen MR) is 87.6 cm³/mol. The van der Waals surface area contributed by atoms with Gasteiger partial charge in [0.05, 0.1) is 6.10 Å². The molecule has 2 heteroatoms. The lowest BCUT2D eigenvalue weighted by molar-refractivity contribution is 0.205. The topological polar surface area (TPSA) is 21.3 Å². The van der Waals surface area contributed by atoms with Gasteiger partial charge in [0.2, 0.25) is 0 Å². The van der Waals surface area contributed by atoms with Gasteiger partial charge in [-0.05, 0) is 63.8 Å². The lowest BCUT2D eigenvalue weighted by Crippen LogP contribution is -2.37. The van der Waals surface area contributed by atoms with Gasteiger partial charge in [0.1, 0.15) is 5.75 Å². The molecule has 0 heterocycles. The van der Waals surface area contributed by atoms with Gasteiger partial charge in [0.25, 0.3) is 0 Å². The molecule has 1 N–H and O–H groups in total. The van der Waals surface area contributed by atoms with E-state index >= 15 is 0 Å². The predicted octanol–water partition coefficient (Wildman–Crippen LogP) is 4.53. The maximum Gasteiger partial charge on any atom is 0.119 e. The fraction of sp³-hybridized carbons (Fsp3) is 0.667. The zero-order chi connectivity index (χ0) is 15.4. The van der Waals surface area contributed by atoms with Gasteiger partial charge in [0.15, 0.2) is 0 Å². The maximum atomic E-state index is 6.02. The van der Waals surface area contributed by atoms with Crippen molar-refractivity contribution in [2.75, 3.05) is 6.54 Å². The molecule has 0 aromatic heterocycles. The average molecular weight is 277 g/mol. The smallest absolute Gasteiger partial charge is 0.119 e. The summed E-state index contributed by atoms with van der Waals surface area (Å²) in [4.78, 5) is 0. The molecule has 0 amide bonds. The Morgan fingerprint density at radius 1 is 1.10 bits per heavy atom. The SMILES string of the molecule is CC(CCNC(C)(C)C)Oc1cccc(C(C)(C)C)c1. The summed E-state index contributed by atoms with van der Waals surface area (Å²) in [6.45, 7) is 16.3. The minimum atomic E-state index is 0.163. The fourth-order valence-corrected chi connectivity index (χ4v) is 1.98. The molecule has 0 bridgehead atoms. The second-order valence-corrected chi connectivity index (χ2v) is 7.67. The number of hydrogen-bond acceptors (Lipinski definition) is 2. The summed E-state index contributed by atoms with van der Waals surface area (Å²) in [5.41, 5.74) is 1.65. The summed E-state index contributed by atoms with van der Waals surface area (Å²) in [5.74, 6) is 0.973. The molecule has 1 aromatic rings.